The maximum Gasteiger partial charge on any atom is 0.158 e. The molecule has 3 heterocycles. The van der Waals surface area contributed by atoms with E-state index in [2.05, 4.69) is 11.1 Å². The molecule has 1 fully saturated rings. The number of benzene rings is 1. The van der Waals surface area contributed by atoms with E-state index >= 15 is 0 Å². The van der Waals surface area contributed by atoms with Gasteiger partial charge < -0.3 is 14.2 Å². The Kier molecular flexibility index (Phi) is 4.74. The van der Waals surface area contributed by atoms with E-state index in [9.17, 15) is 0 Å². The molecule has 24 heavy (non-hydrogen) atoms. The lowest BCUT2D eigenvalue weighted by Crippen LogP contribution is -2.21. The summed E-state index contributed by atoms with van der Waals surface area (Å²) in [4.78, 5) is 4.23. The molecule has 0 aliphatic carbocycles. The van der Waals surface area contributed by atoms with E-state index in [-0.39, 0.29) is 6.29 Å². The second kappa shape index (κ2) is 7.30. The minimum Gasteiger partial charge on any atom is -0.455 e. The average Bonchev–Trinajstić information content (AvgIpc) is 3.12. The maximum atomic E-state index is 5.98. The molecule has 1 atom stereocenters. The highest BCUT2D eigenvalue weighted by Crippen LogP contribution is 2.31. The first-order chi connectivity index (χ1) is 11.9. The lowest BCUT2D eigenvalue weighted by atomic mass is 10.2. The third-order valence-electron chi connectivity index (χ3n) is 4.07. The summed E-state index contributed by atoms with van der Waals surface area (Å²) in [5.74, 6) is 1.58. The van der Waals surface area contributed by atoms with Gasteiger partial charge in [0.25, 0.3) is 0 Å². The van der Waals surface area contributed by atoms with Crippen molar-refractivity contribution in [3.63, 3.8) is 0 Å². The molecular formula is C19H19NO3S. The third-order valence-corrected chi connectivity index (χ3v) is 4.92. The number of nitrogens with zero attached hydrogens (tertiary/aromatic N) is 1. The third kappa shape index (κ3) is 3.59. The molecule has 1 unspecified atom stereocenters. The van der Waals surface area contributed by atoms with Gasteiger partial charge in [0.05, 0.1) is 17.5 Å². The van der Waals surface area contributed by atoms with Crippen LogP contribution >= 0.6 is 11.3 Å². The first-order valence-corrected chi connectivity index (χ1v) is 9.08. The van der Waals surface area contributed by atoms with Crippen molar-refractivity contribution in [2.75, 3.05) is 6.61 Å². The second-order valence-electron chi connectivity index (χ2n) is 5.82. The Morgan fingerprint density at radius 1 is 1.12 bits per heavy atom. The molecule has 4 rings (SSSR count). The molecule has 0 N–H and O–H groups in total. The van der Waals surface area contributed by atoms with Crippen LogP contribution < -0.4 is 4.74 Å². The van der Waals surface area contributed by atoms with E-state index in [0.29, 0.717) is 6.61 Å². The number of ether oxygens (including phenoxy) is 3. The summed E-state index contributed by atoms with van der Waals surface area (Å²) >= 11 is 1.66. The average molecular weight is 341 g/mol. The van der Waals surface area contributed by atoms with Gasteiger partial charge in [-0.3, -0.25) is 4.98 Å². The number of thiophene rings is 1. The van der Waals surface area contributed by atoms with Gasteiger partial charge in [0, 0.05) is 18.2 Å². The summed E-state index contributed by atoms with van der Waals surface area (Å²) in [5.41, 5.74) is 1.11. The molecule has 0 amide bonds. The van der Waals surface area contributed by atoms with E-state index in [1.54, 1.807) is 17.5 Å². The van der Waals surface area contributed by atoms with Crippen LogP contribution in [0.4, 0.5) is 0 Å². The smallest absolute Gasteiger partial charge is 0.158 e. The molecule has 3 aromatic rings. The highest BCUT2D eigenvalue weighted by molar-refractivity contribution is 7.17. The fourth-order valence-corrected chi connectivity index (χ4v) is 3.53. The minimum absolute atomic E-state index is 0.0584. The van der Waals surface area contributed by atoms with Gasteiger partial charge in [0.15, 0.2) is 12.0 Å². The van der Waals surface area contributed by atoms with E-state index in [4.69, 9.17) is 14.2 Å². The van der Waals surface area contributed by atoms with Crippen LogP contribution in [0, 0.1) is 0 Å². The van der Waals surface area contributed by atoms with Gasteiger partial charge in [-0.25, -0.2) is 0 Å². The largest absolute Gasteiger partial charge is 0.455 e. The lowest BCUT2D eigenvalue weighted by Gasteiger charge is -2.22. The fraction of sp³-hybridized carbons (Fsp3) is 0.316. The first kappa shape index (κ1) is 15.6. The molecule has 1 aromatic carbocycles. The quantitative estimate of drug-likeness (QED) is 0.645. The van der Waals surface area contributed by atoms with Crippen molar-refractivity contribution in [3.8, 4) is 11.5 Å². The van der Waals surface area contributed by atoms with Crippen LogP contribution in [0.2, 0.25) is 0 Å². The molecule has 0 saturated carbocycles. The summed E-state index contributed by atoms with van der Waals surface area (Å²) in [5, 5.41) is 3.14. The van der Waals surface area contributed by atoms with Gasteiger partial charge in [-0.15, -0.1) is 11.3 Å². The molecule has 124 valence electrons. The Bertz CT molecular complexity index is 794. The number of fused-ring (bicyclic) bond motifs is 1. The highest BCUT2D eigenvalue weighted by Gasteiger charge is 2.14. The molecular weight excluding hydrogens is 322 g/mol. The predicted octanol–water partition coefficient (Wildman–Crippen LogP) is 5.13. The molecule has 0 spiro atoms. The number of hydrogen-bond donors (Lipinski definition) is 0. The zero-order valence-electron chi connectivity index (χ0n) is 13.3. The first-order valence-electron chi connectivity index (χ1n) is 8.20. The minimum atomic E-state index is -0.0584. The molecule has 1 saturated heterocycles. The summed E-state index contributed by atoms with van der Waals surface area (Å²) in [6, 6.07) is 10.0. The van der Waals surface area contributed by atoms with Crippen LogP contribution in [-0.4, -0.2) is 17.9 Å². The van der Waals surface area contributed by atoms with E-state index in [1.807, 2.05) is 35.8 Å². The van der Waals surface area contributed by atoms with Crippen molar-refractivity contribution in [2.45, 2.75) is 32.2 Å². The van der Waals surface area contributed by atoms with E-state index in [1.165, 1.54) is 6.42 Å². The normalized spacial score (nSPS) is 17.9. The fourth-order valence-electron chi connectivity index (χ4n) is 2.76. The SMILES string of the molecule is c1cc2c(Oc3ccc(COC4CCCCO4)cc3)cncc2s1. The summed E-state index contributed by atoms with van der Waals surface area (Å²) in [7, 11) is 0. The van der Waals surface area contributed by atoms with Crippen LogP contribution in [0.5, 0.6) is 11.5 Å². The molecule has 0 radical (unpaired) electrons. The monoisotopic (exact) mass is 341 g/mol. The van der Waals surface area contributed by atoms with Crippen molar-refractivity contribution >= 4 is 21.4 Å². The summed E-state index contributed by atoms with van der Waals surface area (Å²) < 4.78 is 18.5. The Morgan fingerprint density at radius 2 is 2.04 bits per heavy atom. The van der Waals surface area contributed by atoms with Gasteiger partial charge in [0.1, 0.15) is 5.75 Å². The Labute approximate surface area is 145 Å². The molecule has 4 nitrogen and oxygen atoms in total. The zero-order chi connectivity index (χ0) is 16.2. The van der Waals surface area contributed by atoms with Crippen LogP contribution in [0.15, 0.2) is 48.1 Å². The van der Waals surface area contributed by atoms with Gasteiger partial charge in [0.2, 0.25) is 0 Å². The van der Waals surface area contributed by atoms with Gasteiger partial charge in [-0.1, -0.05) is 12.1 Å². The Hall–Kier alpha value is -1.95. The number of aromatic nitrogens is 1. The predicted molar refractivity (Wildman–Crippen MR) is 94.5 cm³/mol. The van der Waals surface area contributed by atoms with Crippen LogP contribution in [0.3, 0.4) is 0 Å². The molecule has 2 aromatic heterocycles. The van der Waals surface area contributed by atoms with Gasteiger partial charge in [-0.2, -0.15) is 0 Å². The zero-order valence-corrected chi connectivity index (χ0v) is 14.1. The van der Waals surface area contributed by atoms with Gasteiger partial charge >= 0.3 is 0 Å². The number of pyridine rings is 1. The van der Waals surface area contributed by atoms with Crippen molar-refractivity contribution in [1.29, 1.82) is 0 Å². The molecule has 0 bridgehead atoms. The summed E-state index contributed by atoms with van der Waals surface area (Å²) in [6.07, 6.45) is 6.86. The topological polar surface area (TPSA) is 40.6 Å². The Morgan fingerprint density at radius 3 is 2.88 bits per heavy atom. The summed E-state index contributed by atoms with van der Waals surface area (Å²) in [6.45, 7) is 1.37. The molecule has 1 aliphatic rings. The maximum absolute atomic E-state index is 5.98. The molecule has 5 heteroatoms. The number of hydrogen-bond acceptors (Lipinski definition) is 5. The van der Waals surface area contributed by atoms with E-state index in [0.717, 1.165) is 46.6 Å². The van der Waals surface area contributed by atoms with Crippen molar-refractivity contribution in [1.82, 2.24) is 4.98 Å². The van der Waals surface area contributed by atoms with E-state index < -0.39 is 0 Å². The van der Waals surface area contributed by atoms with Crippen molar-refractivity contribution < 1.29 is 14.2 Å². The van der Waals surface area contributed by atoms with Crippen LogP contribution in [0.25, 0.3) is 10.1 Å². The van der Waals surface area contributed by atoms with Crippen LogP contribution in [-0.2, 0) is 16.1 Å². The second-order valence-corrected chi connectivity index (χ2v) is 6.77. The van der Waals surface area contributed by atoms with Crippen LogP contribution in [0.1, 0.15) is 24.8 Å². The number of rotatable bonds is 5. The van der Waals surface area contributed by atoms with Gasteiger partial charge in [-0.05, 0) is 48.4 Å². The lowest BCUT2D eigenvalue weighted by molar-refractivity contribution is -0.168. The Balaban J connectivity index is 1.39. The standard InChI is InChI=1S/C19H19NO3S/c1-2-9-21-19(3-1)22-13-14-4-6-15(7-5-14)23-17-11-20-12-18-16(17)8-10-24-18/h4-8,10-12,19H,1-3,9,13H2. The highest BCUT2D eigenvalue weighted by atomic mass is 32.1. The molecule has 1 aliphatic heterocycles. The van der Waals surface area contributed by atoms with Crippen molar-refractivity contribution in [3.05, 3.63) is 53.7 Å². The van der Waals surface area contributed by atoms with Crippen molar-refractivity contribution in [2.24, 2.45) is 0 Å².